The number of Topliss-reactive ketones (excluding diaryl/α,β-unsaturated/α-hetero) is 2. The summed E-state index contributed by atoms with van der Waals surface area (Å²) in [5, 5.41) is 0. The third kappa shape index (κ3) is 1.14. The minimum Gasteiger partial charge on any atom is -0.302 e. The van der Waals surface area contributed by atoms with Gasteiger partial charge in [0.15, 0.2) is 0 Å². The van der Waals surface area contributed by atoms with Gasteiger partial charge in [-0.05, 0) is 49.5 Å². The van der Waals surface area contributed by atoms with E-state index < -0.39 is 0 Å². The SMILES string of the molecule is C=C1C[C@@]23CC(=O)[C@@H]4[C@@]5(C)CCC[C@@]46[C@@H]2C[C@@H]1C(=O)[C@@H]3[C@H]6N(C)C5. The standard InChI is InChI=1S/C21H27NO2/c1-11-8-20-9-13(23)17-19(2)5-4-6-21(17)14(20)7-12(11)16(24)15(20)18(21)22(3)10-19/h12,14-15,17-18H,1,4-10H2,2-3H3/t12-,14+,15+,17+,18+,19-,20+,21+/m0/s1. The largest absolute Gasteiger partial charge is 0.302 e. The topological polar surface area (TPSA) is 37.4 Å². The van der Waals surface area contributed by atoms with Crippen LogP contribution in [-0.4, -0.2) is 36.1 Å². The van der Waals surface area contributed by atoms with Gasteiger partial charge in [0.05, 0.1) is 0 Å². The number of carbonyl (C=O) groups excluding carboxylic acids is 2. The molecule has 0 aromatic heterocycles. The molecule has 8 atom stereocenters. The highest BCUT2D eigenvalue weighted by Gasteiger charge is 2.83. The maximum absolute atomic E-state index is 13.5. The molecule has 0 radical (unpaired) electrons. The molecule has 6 saturated carbocycles. The number of allylic oxidation sites excluding steroid dienone is 1. The lowest BCUT2D eigenvalue weighted by molar-refractivity contribution is -0.185. The van der Waals surface area contributed by atoms with Crippen LogP contribution in [0.2, 0.25) is 0 Å². The van der Waals surface area contributed by atoms with Crippen LogP contribution in [0.5, 0.6) is 0 Å². The molecule has 24 heavy (non-hydrogen) atoms. The van der Waals surface area contributed by atoms with Crippen LogP contribution < -0.4 is 0 Å². The summed E-state index contributed by atoms with van der Waals surface area (Å²) in [6.07, 6.45) is 6.19. The molecule has 0 aromatic rings. The lowest BCUT2D eigenvalue weighted by atomic mass is 9.39. The van der Waals surface area contributed by atoms with Crippen LogP contribution in [0.1, 0.15) is 45.4 Å². The summed E-state index contributed by atoms with van der Waals surface area (Å²) < 4.78 is 0. The second-order valence-electron chi connectivity index (χ2n) is 10.3. The molecule has 3 heteroatoms. The first-order valence-electron chi connectivity index (χ1n) is 9.79. The quantitative estimate of drug-likeness (QED) is 0.643. The fourth-order valence-corrected chi connectivity index (χ4v) is 9.54. The smallest absolute Gasteiger partial charge is 0.145 e. The Balaban J connectivity index is 1.67. The molecule has 7 rings (SSSR count). The number of hydrogen-bond acceptors (Lipinski definition) is 3. The van der Waals surface area contributed by atoms with Crippen molar-refractivity contribution in [3.05, 3.63) is 12.2 Å². The van der Waals surface area contributed by atoms with Crippen molar-refractivity contribution in [2.24, 2.45) is 39.9 Å². The van der Waals surface area contributed by atoms with Crippen molar-refractivity contribution in [1.82, 2.24) is 4.90 Å². The van der Waals surface area contributed by atoms with E-state index in [9.17, 15) is 9.59 Å². The van der Waals surface area contributed by atoms with E-state index in [2.05, 4.69) is 25.5 Å². The van der Waals surface area contributed by atoms with Crippen molar-refractivity contribution in [2.45, 2.75) is 51.5 Å². The van der Waals surface area contributed by atoms with Gasteiger partial charge in [-0.15, -0.1) is 0 Å². The van der Waals surface area contributed by atoms with Crippen molar-refractivity contribution in [1.29, 1.82) is 0 Å². The Morgan fingerprint density at radius 3 is 2.79 bits per heavy atom. The predicted molar refractivity (Wildman–Crippen MR) is 90.2 cm³/mol. The van der Waals surface area contributed by atoms with Gasteiger partial charge in [0, 0.05) is 42.2 Å². The van der Waals surface area contributed by atoms with Crippen molar-refractivity contribution in [3.8, 4) is 0 Å². The van der Waals surface area contributed by atoms with Gasteiger partial charge in [-0.1, -0.05) is 25.5 Å². The Morgan fingerprint density at radius 1 is 1.21 bits per heavy atom. The minimum atomic E-state index is -0.0714. The number of ketones is 2. The zero-order chi connectivity index (χ0) is 16.6. The average molecular weight is 325 g/mol. The highest BCUT2D eigenvalue weighted by Crippen LogP contribution is 2.81. The summed E-state index contributed by atoms with van der Waals surface area (Å²) in [6.45, 7) is 7.62. The second kappa shape index (κ2) is 3.75. The third-order valence-electron chi connectivity index (χ3n) is 9.50. The van der Waals surface area contributed by atoms with Gasteiger partial charge >= 0.3 is 0 Å². The molecular formula is C21H27NO2. The van der Waals surface area contributed by atoms with Gasteiger partial charge in [-0.25, -0.2) is 0 Å². The predicted octanol–water partition coefficient (Wildman–Crippen LogP) is 2.85. The molecule has 128 valence electrons. The summed E-state index contributed by atoms with van der Waals surface area (Å²) in [4.78, 5) is 29.4. The summed E-state index contributed by atoms with van der Waals surface area (Å²) in [5.41, 5.74) is 1.28. The van der Waals surface area contributed by atoms with E-state index in [0.717, 1.165) is 25.0 Å². The summed E-state index contributed by atoms with van der Waals surface area (Å²) >= 11 is 0. The van der Waals surface area contributed by atoms with Crippen LogP contribution in [0.15, 0.2) is 12.2 Å². The fourth-order valence-electron chi connectivity index (χ4n) is 9.54. The zero-order valence-corrected chi connectivity index (χ0v) is 14.8. The van der Waals surface area contributed by atoms with Crippen LogP contribution in [0, 0.1) is 39.9 Å². The normalized spacial score (nSPS) is 60.8. The maximum Gasteiger partial charge on any atom is 0.145 e. The maximum atomic E-state index is 13.5. The molecule has 3 nitrogen and oxygen atoms in total. The lowest BCUT2D eigenvalue weighted by Gasteiger charge is -2.66. The molecule has 6 bridgehead atoms. The van der Waals surface area contributed by atoms with Crippen LogP contribution in [0.25, 0.3) is 0 Å². The third-order valence-corrected chi connectivity index (χ3v) is 9.50. The monoisotopic (exact) mass is 325 g/mol. The second-order valence-corrected chi connectivity index (χ2v) is 10.3. The Labute approximate surface area is 143 Å². The van der Waals surface area contributed by atoms with E-state index >= 15 is 0 Å². The van der Waals surface area contributed by atoms with Gasteiger partial charge in [0.2, 0.25) is 0 Å². The first-order chi connectivity index (χ1) is 11.4. The van der Waals surface area contributed by atoms with E-state index in [0.29, 0.717) is 29.9 Å². The number of rotatable bonds is 0. The number of carbonyl (C=O) groups is 2. The van der Waals surface area contributed by atoms with Gasteiger partial charge < -0.3 is 4.90 Å². The molecule has 1 aliphatic heterocycles. The van der Waals surface area contributed by atoms with Crippen LogP contribution >= 0.6 is 0 Å². The van der Waals surface area contributed by atoms with Crippen molar-refractivity contribution in [3.63, 3.8) is 0 Å². The Kier molecular flexibility index (Phi) is 2.22. The van der Waals surface area contributed by atoms with E-state index in [-0.39, 0.29) is 34.0 Å². The lowest BCUT2D eigenvalue weighted by Crippen LogP contribution is -2.68. The molecule has 0 N–H and O–H groups in total. The van der Waals surface area contributed by atoms with E-state index in [1.165, 1.54) is 19.3 Å². The minimum absolute atomic E-state index is 0.0714. The van der Waals surface area contributed by atoms with Crippen molar-refractivity contribution in [2.75, 3.05) is 13.6 Å². The number of likely N-dealkylation sites (tertiary alicyclic amines) is 1. The average Bonchev–Trinajstić information content (AvgIpc) is 2.58. The molecule has 1 heterocycles. The Hall–Kier alpha value is -0.960. The number of hydrogen-bond donors (Lipinski definition) is 0. The van der Waals surface area contributed by atoms with E-state index in [1.807, 2.05) is 0 Å². The Morgan fingerprint density at radius 2 is 2.00 bits per heavy atom. The van der Waals surface area contributed by atoms with Gasteiger partial charge in [0.25, 0.3) is 0 Å². The van der Waals surface area contributed by atoms with Crippen molar-refractivity contribution >= 4 is 11.6 Å². The molecule has 2 spiro atoms. The van der Waals surface area contributed by atoms with Gasteiger partial charge in [-0.3, -0.25) is 9.59 Å². The number of piperidine rings is 1. The molecule has 0 aromatic carbocycles. The number of nitrogens with zero attached hydrogens (tertiary/aromatic N) is 1. The summed E-state index contributed by atoms with van der Waals surface area (Å²) in [7, 11) is 2.24. The summed E-state index contributed by atoms with van der Waals surface area (Å²) in [5.74, 6) is 1.93. The van der Waals surface area contributed by atoms with Gasteiger partial charge in [-0.2, -0.15) is 0 Å². The van der Waals surface area contributed by atoms with Crippen LogP contribution in [-0.2, 0) is 9.59 Å². The highest BCUT2D eigenvalue weighted by atomic mass is 16.1. The molecule has 6 aliphatic carbocycles. The first-order valence-corrected chi connectivity index (χ1v) is 9.79. The molecule has 7 fully saturated rings. The molecule has 0 unspecified atom stereocenters. The summed E-state index contributed by atoms with van der Waals surface area (Å²) in [6, 6.07) is 0.318. The molecule has 7 aliphatic rings. The fraction of sp³-hybridized carbons (Fsp3) is 0.810. The molecule has 1 saturated heterocycles. The highest BCUT2D eigenvalue weighted by molar-refractivity contribution is 5.95. The number of fused-ring (bicyclic) bond motifs is 1. The molecule has 0 amide bonds. The first kappa shape index (κ1) is 14.2. The van der Waals surface area contributed by atoms with Crippen LogP contribution in [0.3, 0.4) is 0 Å². The Bertz CT molecular complexity index is 727. The van der Waals surface area contributed by atoms with Gasteiger partial charge in [0.1, 0.15) is 11.6 Å². The van der Waals surface area contributed by atoms with Crippen molar-refractivity contribution < 1.29 is 9.59 Å². The molecular weight excluding hydrogens is 298 g/mol. The van der Waals surface area contributed by atoms with Crippen LogP contribution in [0.4, 0.5) is 0 Å². The van der Waals surface area contributed by atoms with E-state index in [4.69, 9.17) is 0 Å². The van der Waals surface area contributed by atoms with E-state index in [1.54, 1.807) is 0 Å². The zero-order valence-electron chi connectivity index (χ0n) is 14.8.